The van der Waals surface area contributed by atoms with E-state index in [2.05, 4.69) is 60.3 Å². The number of aryl methyl sites for hydroxylation is 1. The number of hydrogen-bond donors (Lipinski definition) is 3. The van der Waals surface area contributed by atoms with Crippen molar-refractivity contribution in [3.8, 4) is 22.5 Å². The molecule has 4 aromatic rings. The van der Waals surface area contributed by atoms with Crippen LogP contribution >= 0.6 is 11.3 Å². The van der Waals surface area contributed by atoms with Gasteiger partial charge in [-0.3, -0.25) is 34.0 Å². The third-order valence-corrected chi connectivity index (χ3v) is 13.8. The molecule has 6 bridgehead atoms. The molecule has 0 saturated carbocycles. The highest BCUT2D eigenvalue weighted by atomic mass is 32.1. The van der Waals surface area contributed by atoms with Crippen LogP contribution < -0.4 is 16.5 Å². The van der Waals surface area contributed by atoms with Crippen molar-refractivity contribution in [1.29, 1.82) is 0 Å². The Bertz CT molecular complexity index is 2390. The van der Waals surface area contributed by atoms with Gasteiger partial charge in [0.05, 0.1) is 47.3 Å². The van der Waals surface area contributed by atoms with Crippen molar-refractivity contribution in [1.82, 2.24) is 40.1 Å². The molecule has 3 aliphatic rings. The lowest BCUT2D eigenvalue weighted by Gasteiger charge is -2.36. The average Bonchev–Trinajstić information content (AvgIpc) is 4.05. The number of amides is 4. The first-order valence-corrected chi connectivity index (χ1v) is 23.3. The Morgan fingerprint density at radius 1 is 1.14 bits per heavy atom. The Hall–Kier alpha value is -5.23. The van der Waals surface area contributed by atoms with E-state index in [1.807, 2.05) is 32.2 Å². The van der Waals surface area contributed by atoms with Crippen LogP contribution in [-0.4, -0.2) is 124 Å². The number of fused-ring (bicyclic) bond motifs is 6. The van der Waals surface area contributed by atoms with Crippen molar-refractivity contribution >= 4 is 51.8 Å². The van der Waals surface area contributed by atoms with Crippen molar-refractivity contribution < 1.29 is 33.4 Å². The predicted molar refractivity (Wildman–Crippen MR) is 244 cm³/mol. The molecule has 3 aliphatic heterocycles. The highest BCUT2D eigenvalue weighted by Gasteiger charge is 2.40. The van der Waals surface area contributed by atoms with E-state index in [1.165, 1.54) is 21.2 Å². The lowest BCUT2D eigenvalue weighted by molar-refractivity contribution is -0.155. The number of nitrogens with two attached hydrogens (primary N) is 1. The van der Waals surface area contributed by atoms with Gasteiger partial charge >= 0.3 is 5.97 Å². The molecule has 1 unspecified atom stereocenters. The Morgan fingerprint density at radius 3 is 2.64 bits per heavy atom. The normalized spacial score (nSPS) is 21.4. The van der Waals surface area contributed by atoms with Gasteiger partial charge in [0.25, 0.3) is 5.91 Å². The zero-order valence-corrected chi connectivity index (χ0v) is 39.1. The first-order chi connectivity index (χ1) is 30.5. The summed E-state index contributed by atoms with van der Waals surface area (Å²) in [4.78, 5) is 81.9. The topological polar surface area (TPSA) is 194 Å². The number of hydrogen-bond acceptors (Lipinski definition) is 12. The second-order valence-electron chi connectivity index (χ2n) is 18.4. The van der Waals surface area contributed by atoms with Gasteiger partial charge in [-0.1, -0.05) is 33.8 Å². The number of cyclic esters (lactones) is 1. The van der Waals surface area contributed by atoms with Crippen molar-refractivity contribution in [2.45, 2.75) is 104 Å². The van der Waals surface area contributed by atoms with E-state index in [4.69, 9.17) is 25.2 Å². The van der Waals surface area contributed by atoms with Gasteiger partial charge in [0, 0.05) is 85.8 Å². The number of carbonyl (C=O) groups is 5. The lowest BCUT2D eigenvalue weighted by Crippen LogP contribution is -2.62. The molecule has 7 rings (SSSR count). The fraction of sp³-hybridized carbons (Fsp3) is 0.553. The number of nitrogens with zero attached hydrogens (tertiary/aromatic N) is 6. The van der Waals surface area contributed by atoms with Crippen molar-refractivity contribution in [3.63, 3.8) is 0 Å². The number of methoxy groups -OCH3 is 1. The molecule has 1 aromatic carbocycles. The number of carbonyl (C=O) groups excluding carboxylic acids is 5. The number of likely N-dealkylation sites (tertiary alicyclic amines) is 1. The maximum atomic E-state index is 14.6. The van der Waals surface area contributed by atoms with Crippen molar-refractivity contribution in [2.75, 3.05) is 46.9 Å². The number of pyridine rings is 1. The summed E-state index contributed by atoms with van der Waals surface area (Å²) >= 11 is 1.40. The number of benzene rings is 1. The highest BCUT2D eigenvalue weighted by Crippen LogP contribution is 2.42. The summed E-state index contributed by atoms with van der Waals surface area (Å²) in [6, 6.07) is 7.60. The van der Waals surface area contributed by atoms with Gasteiger partial charge in [-0.15, -0.1) is 11.3 Å². The van der Waals surface area contributed by atoms with Crippen molar-refractivity contribution in [2.24, 2.45) is 23.0 Å². The molecule has 3 aromatic heterocycles. The summed E-state index contributed by atoms with van der Waals surface area (Å²) in [5.41, 5.74) is 14.8. The maximum absolute atomic E-state index is 14.6. The number of hydrazine groups is 1. The molecule has 0 aliphatic carbocycles. The summed E-state index contributed by atoms with van der Waals surface area (Å²) < 4.78 is 14.2. The standard InChI is InChI=1S/C47H63N9O7S/c1-9-55-37-15-14-29-20-32(37)33(42(55)31-12-10-17-49-40(31)28(4)62-8)22-47(5,6)26-63-46(61)34-13-11-18-56(52-34)45(60)35(21-38-50-36(29)25-64-38)51-43(58)41(27(2)3)53(7)44(59)30-16-19-54(24-30)39(57)23-48/h10,12,14-15,17,20,25,27-28,30,34-35,41,52H,9,11,13,16,18-19,21-24,26,48H2,1-8H3,(H,51,58)/t28-,30-,34-,35-,41?/m0/s1. The molecule has 344 valence electrons. The van der Waals surface area contributed by atoms with Crippen LogP contribution in [0.4, 0.5) is 0 Å². The quantitative estimate of drug-likeness (QED) is 0.190. The second kappa shape index (κ2) is 19.5. The fourth-order valence-corrected chi connectivity index (χ4v) is 10.3. The molecule has 0 spiro atoms. The minimum Gasteiger partial charge on any atom is -0.464 e. The monoisotopic (exact) mass is 897 g/mol. The van der Waals surface area contributed by atoms with Gasteiger partial charge in [0.15, 0.2) is 0 Å². The zero-order chi connectivity index (χ0) is 46.0. The Balaban J connectivity index is 1.27. The minimum atomic E-state index is -1.08. The van der Waals surface area contributed by atoms with Crippen LogP contribution in [0.25, 0.3) is 33.4 Å². The molecule has 2 fully saturated rings. The Kier molecular flexibility index (Phi) is 14.2. The fourth-order valence-electron chi connectivity index (χ4n) is 9.49. The summed E-state index contributed by atoms with van der Waals surface area (Å²) in [7, 11) is 3.28. The smallest absolute Gasteiger partial charge is 0.324 e. The van der Waals surface area contributed by atoms with E-state index in [0.29, 0.717) is 50.3 Å². The molecule has 6 heterocycles. The van der Waals surface area contributed by atoms with Crippen LogP contribution in [0, 0.1) is 17.3 Å². The van der Waals surface area contributed by atoms with Crippen LogP contribution in [0.2, 0.25) is 0 Å². The number of nitrogens with one attached hydrogen (secondary N) is 2. The van der Waals surface area contributed by atoms with E-state index in [0.717, 1.165) is 44.7 Å². The van der Waals surface area contributed by atoms with Gasteiger partial charge in [-0.25, -0.2) is 10.4 Å². The molecule has 0 radical (unpaired) electrons. The summed E-state index contributed by atoms with van der Waals surface area (Å²) in [5.74, 6) is -2.64. The van der Waals surface area contributed by atoms with Gasteiger partial charge in [-0.05, 0) is 75.3 Å². The summed E-state index contributed by atoms with van der Waals surface area (Å²) in [6.07, 6.45) is 3.65. The first-order valence-electron chi connectivity index (χ1n) is 22.4. The number of rotatable bonds is 10. The van der Waals surface area contributed by atoms with Crippen LogP contribution in [0.1, 0.15) is 83.2 Å². The van der Waals surface area contributed by atoms with E-state index in [-0.39, 0.29) is 50.0 Å². The summed E-state index contributed by atoms with van der Waals surface area (Å²) in [5, 5.41) is 8.07. The number of likely N-dealkylation sites (N-methyl/N-ethyl adjacent to an activating group) is 1. The van der Waals surface area contributed by atoms with E-state index >= 15 is 0 Å². The summed E-state index contributed by atoms with van der Waals surface area (Å²) in [6.45, 7) is 13.7. The molecular formula is C47H63N9O7S. The van der Waals surface area contributed by atoms with Crippen LogP contribution in [0.3, 0.4) is 0 Å². The van der Waals surface area contributed by atoms with Gasteiger partial charge in [-0.2, -0.15) is 0 Å². The van der Waals surface area contributed by atoms with Crippen LogP contribution in [0.15, 0.2) is 41.9 Å². The van der Waals surface area contributed by atoms with Gasteiger partial charge in [0.1, 0.15) is 18.1 Å². The molecule has 4 amide bonds. The minimum absolute atomic E-state index is 0.0727. The van der Waals surface area contributed by atoms with Crippen LogP contribution in [0.5, 0.6) is 0 Å². The average molecular weight is 898 g/mol. The molecular weight excluding hydrogens is 835 g/mol. The van der Waals surface area contributed by atoms with E-state index < -0.39 is 47.2 Å². The predicted octanol–water partition coefficient (Wildman–Crippen LogP) is 4.49. The number of esters is 1. The number of aromatic nitrogens is 3. The van der Waals surface area contributed by atoms with Gasteiger partial charge in [0.2, 0.25) is 17.7 Å². The zero-order valence-electron chi connectivity index (χ0n) is 38.3. The number of ether oxygens (including phenoxy) is 2. The molecule has 4 N–H and O–H groups in total. The molecule has 17 heteroatoms. The number of thiazole rings is 1. The molecule has 5 atom stereocenters. The second-order valence-corrected chi connectivity index (χ2v) is 19.4. The SMILES string of the molecule is CCn1c(-c2cccnc2[C@H](C)OC)c2c3cc(ccc31)-c1csc(n1)C[C@H](NC(=O)C(C(C)C)N(C)C(=O)[C@H]1CCN(C(=O)CN)C1)C(=O)N1CCC[C@H](N1)C(=O)OCC(C)(C)C2. The van der Waals surface area contributed by atoms with E-state index in [1.54, 1.807) is 25.3 Å². The van der Waals surface area contributed by atoms with Crippen LogP contribution in [-0.2, 0) is 52.8 Å². The van der Waals surface area contributed by atoms with E-state index in [9.17, 15) is 24.0 Å². The first kappa shape index (κ1) is 46.8. The highest BCUT2D eigenvalue weighted by molar-refractivity contribution is 7.10. The Labute approximate surface area is 379 Å². The Morgan fingerprint density at radius 2 is 1.92 bits per heavy atom. The maximum Gasteiger partial charge on any atom is 0.324 e. The third-order valence-electron chi connectivity index (χ3n) is 12.9. The largest absolute Gasteiger partial charge is 0.464 e. The molecule has 2 saturated heterocycles. The molecule has 64 heavy (non-hydrogen) atoms. The lowest BCUT2D eigenvalue weighted by atomic mass is 9.84. The van der Waals surface area contributed by atoms with Crippen molar-refractivity contribution in [3.05, 3.63) is 58.2 Å². The molecule has 16 nitrogen and oxygen atoms in total. The third kappa shape index (κ3) is 9.58. The van der Waals surface area contributed by atoms with Gasteiger partial charge < -0.3 is 34.9 Å².